The largest absolute Gasteiger partial charge is 0.278 e. The number of benzene rings is 1. The number of pyridine rings is 1. The van der Waals surface area contributed by atoms with E-state index in [4.69, 9.17) is 4.98 Å². The molecule has 0 spiro atoms. The molecule has 0 saturated carbocycles. The highest BCUT2D eigenvalue weighted by molar-refractivity contribution is 7.22. The fourth-order valence-corrected chi connectivity index (χ4v) is 4.42. The molecule has 0 fully saturated rings. The molecule has 0 bridgehead atoms. The molecule has 0 aliphatic rings. The predicted molar refractivity (Wildman–Crippen MR) is 112 cm³/mol. The van der Waals surface area contributed by atoms with E-state index >= 15 is 0 Å². The van der Waals surface area contributed by atoms with Crippen LogP contribution in [0.1, 0.15) is 34.1 Å². The van der Waals surface area contributed by atoms with Crippen LogP contribution in [0.4, 0.5) is 5.13 Å². The highest BCUT2D eigenvalue weighted by atomic mass is 32.1. The number of aryl methyl sites for hydroxylation is 3. The van der Waals surface area contributed by atoms with E-state index in [0.29, 0.717) is 23.9 Å². The molecule has 0 atom stereocenters. The molecule has 0 radical (unpaired) electrons. The summed E-state index contributed by atoms with van der Waals surface area (Å²) in [5.74, 6) is -0.114. The number of anilines is 1. The number of thiazole rings is 1. The van der Waals surface area contributed by atoms with Crippen molar-refractivity contribution in [1.29, 1.82) is 0 Å². The van der Waals surface area contributed by atoms with Gasteiger partial charge in [0.15, 0.2) is 5.13 Å². The lowest BCUT2D eigenvalue weighted by Crippen LogP contribution is -2.32. The normalized spacial score (nSPS) is 11.1. The summed E-state index contributed by atoms with van der Waals surface area (Å²) >= 11 is 1.54. The molecule has 1 aromatic carbocycles. The third kappa shape index (κ3) is 3.41. The SMILES string of the molecule is CCn1nccc1C(=O)N(Cc1cccnc1)c1nc2c(C)cc(C)cc2s1. The van der Waals surface area contributed by atoms with Gasteiger partial charge in [0.2, 0.25) is 0 Å². The van der Waals surface area contributed by atoms with Crippen molar-refractivity contribution in [3.8, 4) is 0 Å². The Bertz CT molecular complexity index is 1130. The average Bonchev–Trinajstić information content (AvgIpc) is 3.33. The average molecular weight is 392 g/mol. The maximum atomic E-state index is 13.4. The van der Waals surface area contributed by atoms with Gasteiger partial charge >= 0.3 is 0 Å². The van der Waals surface area contributed by atoms with Crippen molar-refractivity contribution in [3.63, 3.8) is 0 Å². The number of rotatable bonds is 5. The van der Waals surface area contributed by atoms with E-state index in [9.17, 15) is 4.79 Å². The van der Waals surface area contributed by atoms with Gasteiger partial charge in [0.25, 0.3) is 5.91 Å². The summed E-state index contributed by atoms with van der Waals surface area (Å²) in [6.07, 6.45) is 5.16. The first-order valence-corrected chi connectivity index (χ1v) is 9.99. The van der Waals surface area contributed by atoms with Crippen molar-refractivity contribution < 1.29 is 4.79 Å². The van der Waals surface area contributed by atoms with Crippen LogP contribution in [0.15, 0.2) is 48.9 Å². The van der Waals surface area contributed by atoms with Gasteiger partial charge in [0.05, 0.1) is 16.8 Å². The van der Waals surface area contributed by atoms with Crippen LogP contribution in [-0.4, -0.2) is 25.7 Å². The summed E-state index contributed by atoms with van der Waals surface area (Å²) in [6, 6.07) is 9.83. The van der Waals surface area contributed by atoms with Gasteiger partial charge in [-0.3, -0.25) is 19.4 Å². The summed E-state index contributed by atoms with van der Waals surface area (Å²) in [6.45, 7) is 7.13. The van der Waals surface area contributed by atoms with E-state index in [2.05, 4.69) is 36.1 Å². The molecule has 28 heavy (non-hydrogen) atoms. The van der Waals surface area contributed by atoms with Crippen LogP contribution in [0.25, 0.3) is 10.2 Å². The maximum Gasteiger partial charge on any atom is 0.278 e. The van der Waals surface area contributed by atoms with Crippen molar-refractivity contribution in [2.45, 2.75) is 33.9 Å². The fourth-order valence-electron chi connectivity index (χ4n) is 3.28. The molecular formula is C21H21N5OS. The fraction of sp³-hybridized carbons (Fsp3) is 0.238. The third-order valence-corrected chi connectivity index (χ3v) is 5.62. The highest BCUT2D eigenvalue weighted by Gasteiger charge is 2.24. The number of aromatic nitrogens is 4. The van der Waals surface area contributed by atoms with Crippen LogP contribution < -0.4 is 4.90 Å². The van der Waals surface area contributed by atoms with E-state index in [1.165, 1.54) is 16.9 Å². The number of hydrogen-bond acceptors (Lipinski definition) is 5. The van der Waals surface area contributed by atoms with Crippen molar-refractivity contribution in [1.82, 2.24) is 19.7 Å². The Kier molecular flexibility index (Phi) is 4.92. The van der Waals surface area contributed by atoms with E-state index in [1.807, 2.05) is 19.1 Å². The molecule has 3 aromatic heterocycles. The zero-order valence-electron chi connectivity index (χ0n) is 16.1. The summed E-state index contributed by atoms with van der Waals surface area (Å²) in [5.41, 5.74) is 4.75. The Labute approximate surface area is 167 Å². The van der Waals surface area contributed by atoms with Gasteiger partial charge in [-0.1, -0.05) is 23.5 Å². The molecule has 0 unspecified atom stereocenters. The zero-order valence-corrected chi connectivity index (χ0v) is 16.9. The lowest BCUT2D eigenvalue weighted by Gasteiger charge is -2.20. The number of nitrogens with zero attached hydrogens (tertiary/aromatic N) is 5. The van der Waals surface area contributed by atoms with Gasteiger partial charge < -0.3 is 0 Å². The standard InChI is InChI=1S/C21H21N5OS/c1-4-26-17(7-9-23-26)20(27)25(13-16-6-5-8-22-12-16)21-24-19-15(3)10-14(2)11-18(19)28-21/h5-12H,4,13H2,1-3H3. The molecule has 4 rings (SSSR count). The zero-order chi connectivity index (χ0) is 19.7. The number of hydrogen-bond donors (Lipinski definition) is 0. The summed E-state index contributed by atoms with van der Waals surface area (Å²) in [4.78, 5) is 24.1. The van der Waals surface area contributed by atoms with E-state index < -0.39 is 0 Å². The Morgan fingerprint density at radius 2 is 2.07 bits per heavy atom. The van der Waals surface area contributed by atoms with Gasteiger partial charge in [-0.05, 0) is 55.7 Å². The highest BCUT2D eigenvalue weighted by Crippen LogP contribution is 2.33. The summed E-state index contributed by atoms with van der Waals surface area (Å²) in [7, 11) is 0. The number of fused-ring (bicyclic) bond motifs is 1. The number of amides is 1. The molecule has 0 N–H and O–H groups in total. The Morgan fingerprint density at radius 1 is 1.21 bits per heavy atom. The van der Waals surface area contributed by atoms with E-state index in [0.717, 1.165) is 21.3 Å². The Hall–Kier alpha value is -3.06. The minimum Gasteiger partial charge on any atom is -0.278 e. The van der Waals surface area contributed by atoms with Gasteiger partial charge in [-0.15, -0.1) is 0 Å². The van der Waals surface area contributed by atoms with Gasteiger partial charge in [-0.25, -0.2) is 4.98 Å². The van der Waals surface area contributed by atoms with Gasteiger partial charge in [-0.2, -0.15) is 5.10 Å². The van der Waals surface area contributed by atoms with Crippen LogP contribution >= 0.6 is 11.3 Å². The smallest absolute Gasteiger partial charge is 0.278 e. The first-order valence-electron chi connectivity index (χ1n) is 9.17. The van der Waals surface area contributed by atoms with Crippen LogP contribution in [-0.2, 0) is 13.1 Å². The topological polar surface area (TPSA) is 63.9 Å². The van der Waals surface area contributed by atoms with Crippen LogP contribution in [0, 0.1) is 13.8 Å². The molecule has 0 aliphatic heterocycles. The number of carbonyl (C=O) groups is 1. The Balaban J connectivity index is 1.81. The minimum absolute atomic E-state index is 0.114. The molecule has 0 aliphatic carbocycles. The quantitative estimate of drug-likeness (QED) is 0.507. The first-order chi connectivity index (χ1) is 13.6. The second-order valence-electron chi connectivity index (χ2n) is 6.71. The van der Waals surface area contributed by atoms with Crippen LogP contribution in [0.5, 0.6) is 0 Å². The van der Waals surface area contributed by atoms with Gasteiger partial charge in [0, 0.05) is 25.1 Å². The molecular weight excluding hydrogens is 370 g/mol. The summed E-state index contributed by atoms with van der Waals surface area (Å²) < 4.78 is 2.79. The predicted octanol–water partition coefficient (Wildman–Crippen LogP) is 4.37. The third-order valence-electron chi connectivity index (χ3n) is 4.59. The van der Waals surface area contributed by atoms with Crippen molar-refractivity contribution in [3.05, 3.63) is 71.3 Å². The molecule has 6 nitrogen and oxygen atoms in total. The van der Waals surface area contributed by atoms with Gasteiger partial charge in [0.1, 0.15) is 5.69 Å². The van der Waals surface area contributed by atoms with Crippen LogP contribution in [0.3, 0.4) is 0 Å². The number of carbonyl (C=O) groups excluding carboxylic acids is 1. The van der Waals surface area contributed by atoms with E-state index in [-0.39, 0.29) is 5.91 Å². The first kappa shape index (κ1) is 18.3. The minimum atomic E-state index is -0.114. The molecule has 0 saturated heterocycles. The molecule has 142 valence electrons. The monoisotopic (exact) mass is 391 g/mol. The lowest BCUT2D eigenvalue weighted by atomic mass is 10.1. The lowest BCUT2D eigenvalue weighted by molar-refractivity contribution is 0.0975. The Morgan fingerprint density at radius 3 is 2.82 bits per heavy atom. The van der Waals surface area contributed by atoms with Crippen LogP contribution in [0.2, 0.25) is 0 Å². The molecule has 3 heterocycles. The second-order valence-corrected chi connectivity index (χ2v) is 7.72. The van der Waals surface area contributed by atoms with E-state index in [1.54, 1.807) is 34.2 Å². The van der Waals surface area contributed by atoms with Crippen molar-refractivity contribution in [2.75, 3.05) is 4.90 Å². The van der Waals surface area contributed by atoms with Crippen molar-refractivity contribution >= 4 is 32.6 Å². The second kappa shape index (κ2) is 7.52. The molecule has 7 heteroatoms. The summed E-state index contributed by atoms with van der Waals surface area (Å²) in [5, 5.41) is 4.93. The maximum absolute atomic E-state index is 13.4. The molecule has 1 amide bonds. The molecule has 4 aromatic rings. The van der Waals surface area contributed by atoms with Crippen molar-refractivity contribution in [2.24, 2.45) is 0 Å².